The molecule has 0 aliphatic carbocycles. The van der Waals surface area contributed by atoms with Gasteiger partial charge in [0.25, 0.3) is 0 Å². The summed E-state index contributed by atoms with van der Waals surface area (Å²) >= 11 is 0. The molecule has 1 saturated heterocycles. The van der Waals surface area contributed by atoms with E-state index >= 15 is 0 Å². The molecule has 4 nitrogen and oxygen atoms in total. The van der Waals surface area contributed by atoms with Crippen LogP contribution in [0.4, 0.5) is 16.2 Å². The highest BCUT2D eigenvalue weighted by Crippen LogP contribution is 2.21. The Labute approximate surface area is 143 Å². The number of benzene rings is 1. The molecule has 1 aromatic carbocycles. The number of nitrogens with one attached hydrogen (secondary N) is 1. The zero-order valence-electron chi connectivity index (χ0n) is 14.4. The van der Waals surface area contributed by atoms with Crippen molar-refractivity contribution in [2.24, 2.45) is 5.92 Å². The molecule has 24 heavy (non-hydrogen) atoms. The standard InChI is InChI=1S/C19H25FN4/c1-14-6-5-11-24(13-14)19-22-15(2)12-18(23-19)21-10-9-16-7-3-4-8-17(16)20/h3-4,7-8,12,14H,5-6,9-11,13H2,1-2H3,(H,21,22,23). The van der Waals surface area contributed by atoms with Gasteiger partial charge in [0.15, 0.2) is 0 Å². The van der Waals surface area contributed by atoms with E-state index in [9.17, 15) is 4.39 Å². The molecule has 3 rings (SSSR count). The van der Waals surface area contributed by atoms with Crippen LogP contribution in [0.15, 0.2) is 30.3 Å². The number of hydrogen-bond donors (Lipinski definition) is 1. The highest BCUT2D eigenvalue weighted by molar-refractivity contribution is 5.44. The lowest BCUT2D eigenvalue weighted by Gasteiger charge is -2.31. The molecule has 1 aliphatic rings. The maximum atomic E-state index is 13.7. The number of anilines is 2. The van der Waals surface area contributed by atoms with Gasteiger partial charge in [0, 0.05) is 31.4 Å². The van der Waals surface area contributed by atoms with Gasteiger partial charge in [-0.15, -0.1) is 0 Å². The molecular formula is C19H25FN4. The van der Waals surface area contributed by atoms with Crippen molar-refractivity contribution in [2.75, 3.05) is 29.9 Å². The summed E-state index contributed by atoms with van der Waals surface area (Å²) in [6.07, 6.45) is 3.09. The van der Waals surface area contributed by atoms with E-state index in [4.69, 9.17) is 0 Å². The minimum atomic E-state index is -0.152. The van der Waals surface area contributed by atoms with Crippen molar-refractivity contribution in [1.82, 2.24) is 9.97 Å². The Morgan fingerprint density at radius 2 is 2.12 bits per heavy atom. The summed E-state index contributed by atoms with van der Waals surface area (Å²) in [6, 6.07) is 8.84. The Morgan fingerprint density at radius 1 is 1.29 bits per heavy atom. The number of aryl methyl sites for hydroxylation is 1. The summed E-state index contributed by atoms with van der Waals surface area (Å²) in [4.78, 5) is 11.5. The summed E-state index contributed by atoms with van der Waals surface area (Å²) in [5.41, 5.74) is 1.67. The van der Waals surface area contributed by atoms with Crippen LogP contribution in [0.3, 0.4) is 0 Å². The molecule has 2 heterocycles. The molecule has 5 heteroatoms. The third-order valence-corrected chi connectivity index (χ3v) is 4.44. The maximum Gasteiger partial charge on any atom is 0.227 e. The molecule has 1 atom stereocenters. The van der Waals surface area contributed by atoms with Crippen LogP contribution in [-0.4, -0.2) is 29.6 Å². The quantitative estimate of drug-likeness (QED) is 0.906. The van der Waals surface area contributed by atoms with Crippen LogP contribution in [0.5, 0.6) is 0 Å². The predicted molar refractivity (Wildman–Crippen MR) is 96.0 cm³/mol. The van der Waals surface area contributed by atoms with Crippen LogP contribution in [-0.2, 0) is 6.42 Å². The molecular weight excluding hydrogens is 303 g/mol. The second kappa shape index (κ2) is 7.60. The Kier molecular flexibility index (Phi) is 5.28. The lowest BCUT2D eigenvalue weighted by molar-refractivity contribution is 0.442. The number of aromatic nitrogens is 2. The summed E-state index contributed by atoms with van der Waals surface area (Å²) in [7, 11) is 0. The highest BCUT2D eigenvalue weighted by atomic mass is 19.1. The number of piperidine rings is 1. The van der Waals surface area contributed by atoms with Crippen molar-refractivity contribution in [2.45, 2.75) is 33.1 Å². The fraction of sp³-hybridized carbons (Fsp3) is 0.474. The number of hydrogen-bond acceptors (Lipinski definition) is 4. The molecule has 0 amide bonds. The minimum Gasteiger partial charge on any atom is -0.370 e. The third kappa shape index (κ3) is 4.22. The largest absolute Gasteiger partial charge is 0.370 e. The molecule has 0 bridgehead atoms. The van der Waals surface area contributed by atoms with Crippen molar-refractivity contribution in [3.8, 4) is 0 Å². The van der Waals surface area contributed by atoms with Gasteiger partial charge in [0.05, 0.1) is 0 Å². The topological polar surface area (TPSA) is 41.1 Å². The number of nitrogens with zero attached hydrogens (tertiary/aromatic N) is 3. The highest BCUT2D eigenvalue weighted by Gasteiger charge is 2.19. The van der Waals surface area contributed by atoms with Crippen molar-refractivity contribution in [1.29, 1.82) is 0 Å². The first kappa shape index (κ1) is 16.7. The third-order valence-electron chi connectivity index (χ3n) is 4.44. The molecule has 0 spiro atoms. The molecule has 1 fully saturated rings. The number of rotatable bonds is 5. The lowest BCUT2D eigenvalue weighted by Crippen LogP contribution is -2.35. The molecule has 0 saturated carbocycles. The van der Waals surface area contributed by atoms with Gasteiger partial charge in [-0.2, -0.15) is 4.98 Å². The van der Waals surface area contributed by atoms with Crippen LogP contribution in [0, 0.1) is 18.7 Å². The SMILES string of the molecule is Cc1cc(NCCc2ccccc2F)nc(N2CCCC(C)C2)n1. The summed E-state index contributed by atoms with van der Waals surface area (Å²) in [5, 5.41) is 3.31. The smallest absolute Gasteiger partial charge is 0.227 e. The van der Waals surface area contributed by atoms with Crippen LogP contribution in [0.25, 0.3) is 0 Å². The van der Waals surface area contributed by atoms with E-state index in [1.165, 1.54) is 18.9 Å². The van der Waals surface area contributed by atoms with E-state index in [0.29, 0.717) is 18.9 Å². The molecule has 1 unspecified atom stereocenters. The zero-order chi connectivity index (χ0) is 16.9. The van der Waals surface area contributed by atoms with Crippen LogP contribution in [0.2, 0.25) is 0 Å². The molecule has 1 aromatic heterocycles. The first-order chi connectivity index (χ1) is 11.6. The average molecular weight is 328 g/mol. The van der Waals surface area contributed by atoms with Crippen LogP contribution < -0.4 is 10.2 Å². The second-order valence-electron chi connectivity index (χ2n) is 6.66. The van der Waals surface area contributed by atoms with Gasteiger partial charge in [0.2, 0.25) is 5.95 Å². The summed E-state index contributed by atoms with van der Waals surface area (Å²) in [5.74, 6) is 2.14. The van der Waals surface area contributed by atoms with Crippen molar-refractivity contribution in [3.05, 3.63) is 47.4 Å². The fourth-order valence-corrected chi connectivity index (χ4v) is 3.18. The van der Waals surface area contributed by atoms with Gasteiger partial charge < -0.3 is 10.2 Å². The summed E-state index contributed by atoms with van der Waals surface area (Å²) < 4.78 is 13.7. The van der Waals surface area contributed by atoms with Crippen molar-refractivity contribution >= 4 is 11.8 Å². The van der Waals surface area contributed by atoms with E-state index in [1.54, 1.807) is 6.07 Å². The van der Waals surface area contributed by atoms with Crippen LogP contribution >= 0.6 is 0 Å². The Bertz CT molecular complexity index is 689. The van der Waals surface area contributed by atoms with Gasteiger partial charge in [-0.3, -0.25) is 0 Å². The molecule has 128 valence electrons. The monoisotopic (exact) mass is 328 g/mol. The van der Waals surface area contributed by atoms with Gasteiger partial charge in [-0.05, 0) is 43.7 Å². The first-order valence-electron chi connectivity index (χ1n) is 8.70. The van der Waals surface area contributed by atoms with Gasteiger partial charge in [-0.1, -0.05) is 25.1 Å². The van der Waals surface area contributed by atoms with E-state index in [0.717, 1.165) is 36.1 Å². The molecule has 2 aromatic rings. The average Bonchev–Trinajstić information content (AvgIpc) is 2.56. The minimum absolute atomic E-state index is 0.152. The Hall–Kier alpha value is -2.17. The number of halogens is 1. The van der Waals surface area contributed by atoms with Gasteiger partial charge in [-0.25, -0.2) is 9.37 Å². The summed E-state index contributed by atoms with van der Waals surface area (Å²) in [6.45, 7) is 6.93. The van der Waals surface area contributed by atoms with E-state index < -0.39 is 0 Å². The molecule has 1 N–H and O–H groups in total. The fourth-order valence-electron chi connectivity index (χ4n) is 3.18. The molecule has 1 aliphatic heterocycles. The van der Waals surface area contributed by atoms with Gasteiger partial charge in [0.1, 0.15) is 11.6 Å². The predicted octanol–water partition coefficient (Wildman–Crippen LogP) is 3.82. The Balaban J connectivity index is 1.64. The van der Waals surface area contributed by atoms with Crippen LogP contribution in [0.1, 0.15) is 31.0 Å². The zero-order valence-corrected chi connectivity index (χ0v) is 14.4. The first-order valence-corrected chi connectivity index (χ1v) is 8.70. The van der Waals surface area contributed by atoms with E-state index in [2.05, 4.69) is 27.1 Å². The Morgan fingerprint density at radius 3 is 2.92 bits per heavy atom. The van der Waals surface area contributed by atoms with Crippen molar-refractivity contribution < 1.29 is 4.39 Å². The normalized spacial score (nSPS) is 17.8. The van der Waals surface area contributed by atoms with E-state index in [-0.39, 0.29) is 5.82 Å². The van der Waals surface area contributed by atoms with Crippen molar-refractivity contribution in [3.63, 3.8) is 0 Å². The maximum absolute atomic E-state index is 13.7. The van der Waals surface area contributed by atoms with E-state index in [1.807, 2.05) is 25.1 Å². The van der Waals surface area contributed by atoms with Gasteiger partial charge >= 0.3 is 0 Å². The second-order valence-corrected chi connectivity index (χ2v) is 6.66. The lowest BCUT2D eigenvalue weighted by atomic mass is 10.0. The molecule has 0 radical (unpaired) electrons.